The molecule has 0 radical (unpaired) electrons. The minimum atomic E-state index is -1.14. The first-order valence-electron chi connectivity index (χ1n) is 10.4. The third-order valence-corrected chi connectivity index (χ3v) is 5.16. The van der Waals surface area contributed by atoms with E-state index in [-0.39, 0.29) is 0 Å². The maximum absolute atomic E-state index is 12.4. The second kappa shape index (κ2) is 10.2. The summed E-state index contributed by atoms with van der Waals surface area (Å²) in [5.41, 5.74) is 1.41. The average molecular weight is 408 g/mol. The van der Waals surface area contributed by atoms with Crippen molar-refractivity contribution in [3.05, 3.63) is 71.9 Å². The molecule has 5 heteroatoms. The maximum atomic E-state index is 12.4. The first-order chi connectivity index (χ1) is 14.6. The molecular formula is C25H29NO4. The topological polar surface area (TPSA) is 57.7 Å². The van der Waals surface area contributed by atoms with Gasteiger partial charge in [0.05, 0.1) is 18.3 Å². The monoisotopic (exact) mass is 407 g/mol. The summed E-state index contributed by atoms with van der Waals surface area (Å²) in [4.78, 5) is 17.0. The van der Waals surface area contributed by atoms with Crippen LogP contribution < -0.4 is 4.74 Å². The van der Waals surface area contributed by atoms with Gasteiger partial charge in [0.2, 0.25) is 0 Å². The van der Waals surface area contributed by atoms with E-state index in [4.69, 9.17) is 14.2 Å². The number of fused-ring (bicyclic) bond motifs is 1. The Morgan fingerprint density at radius 2 is 1.77 bits per heavy atom. The van der Waals surface area contributed by atoms with Gasteiger partial charge in [-0.3, -0.25) is 0 Å². The van der Waals surface area contributed by atoms with Crippen LogP contribution in [-0.4, -0.2) is 24.7 Å². The molecule has 0 saturated carbocycles. The number of hydrogen-bond acceptors (Lipinski definition) is 5. The van der Waals surface area contributed by atoms with Crippen LogP contribution in [0.3, 0.4) is 0 Å². The molecule has 0 saturated heterocycles. The molecule has 3 aromatic rings. The molecule has 158 valence electrons. The largest absolute Gasteiger partial charge is 0.487 e. The zero-order valence-electron chi connectivity index (χ0n) is 17.9. The Labute approximate surface area is 178 Å². The van der Waals surface area contributed by atoms with Crippen molar-refractivity contribution in [2.45, 2.75) is 45.3 Å². The van der Waals surface area contributed by atoms with Gasteiger partial charge in [0.15, 0.2) is 5.60 Å². The molecule has 1 unspecified atom stereocenters. The molecule has 0 bridgehead atoms. The van der Waals surface area contributed by atoms with Crippen LogP contribution in [0.4, 0.5) is 0 Å². The lowest BCUT2D eigenvalue weighted by atomic mass is 9.95. The molecule has 3 rings (SSSR count). The Morgan fingerprint density at radius 1 is 1.00 bits per heavy atom. The van der Waals surface area contributed by atoms with E-state index >= 15 is 0 Å². The number of para-hydroxylation sites is 1. The summed E-state index contributed by atoms with van der Waals surface area (Å²) in [5.74, 6) is 0.292. The van der Waals surface area contributed by atoms with Gasteiger partial charge in [-0.05, 0) is 43.2 Å². The number of rotatable bonds is 10. The van der Waals surface area contributed by atoms with Gasteiger partial charge in [0.25, 0.3) is 0 Å². The molecule has 2 aromatic carbocycles. The average Bonchev–Trinajstić information content (AvgIpc) is 2.80. The van der Waals surface area contributed by atoms with Crippen molar-refractivity contribution in [2.75, 3.05) is 13.7 Å². The van der Waals surface area contributed by atoms with Crippen molar-refractivity contribution in [2.24, 2.45) is 0 Å². The van der Waals surface area contributed by atoms with Crippen LogP contribution in [0.25, 0.3) is 10.9 Å². The van der Waals surface area contributed by atoms with Crippen molar-refractivity contribution in [3.8, 4) is 5.75 Å². The van der Waals surface area contributed by atoms with Crippen molar-refractivity contribution >= 4 is 16.9 Å². The summed E-state index contributed by atoms with van der Waals surface area (Å²) < 4.78 is 16.8. The number of ether oxygens (including phenoxy) is 3. The van der Waals surface area contributed by atoms with Crippen LogP contribution in [-0.2, 0) is 26.5 Å². The Hall–Kier alpha value is -2.92. The molecule has 1 atom stereocenters. The Balaban J connectivity index is 1.67. The van der Waals surface area contributed by atoms with Crippen LogP contribution in [0.5, 0.6) is 5.75 Å². The minimum Gasteiger partial charge on any atom is -0.487 e. The van der Waals surface area contributed by atoms with Gasteiger partial charge in [0, 0.05) is 12.0 Å². The molecule has 1 heterocycles. The summed E-state index contributed by atoms with van der Waals surface area (Å²) in [6.45, 7) is 4.75. The molecular weight excluding hydrogens is 378 g/mol. The number of carbonyl (C=O) groups excluding carboxylic acids is 1. The zero-order valence-corrected chi connectivity index (χ0v) is 17.9. The number of pyridine rings is 1. The number of aromatic nitrogens is 1. The number of carbonyl (C=O) groups is 1. The molecule has 5 nitrogen and oxygen atoms in total. The number of nitrogens with zero attached hydrogens (tertiary/aromatic N) is 1. The molecule has 0 N–H and O–H groups in total. The maximum Gasteiger partial charge on any atom is 0.342 e. The number of methoxy groups -OCH3 is 1. The van der Waals surface area contributed by atoms with Gasteiger partial charge >= 0.3 is 5.97 Å². The smallest absolute Gasteiger partial charge is 0.342 e. The summed E-state index contributed by atoms with van der Waals surface area (Å²) >= 11 is 0. The standard InChI is InChI=1S/C25H29NO4/c1-4-5-8-17-30-25(2,24(27)28-3)20-12-15-22(16-13-20)29-18-21-14-11-19-9-6-7-10-23(19)26-21/h6-7,9-16H,4-5,8,17-18H2,1-3H3. The van der Waals surface area contributed by atoms with E-state index in [9.17, 15) is 4.79 Å². The number of esters is 1. The quantitative estimate of drug-likeness (QED) is 0.332. The second-order valence-corrected chi connectivity index (χ2v) is 7.39. The highest BCUT2D eigenvalue weighted by Gasteiger charge is 2.37. The lowest BCUT2D eigenvalue weighted by Gasteiger charge is -2.27. The minimum absolute atomic E-state index is 0.367. The lowest BCUT2D eigenvalue weighted by Crippen LogP contribution is -2.37. The van der Waals surface area contributed by atoms with Gasteiger partial charge in [-0.25, -0.2) is 9.78 Å². The normalized spacial score (nSPS) is 13.0. The van der Waals surface area contributed by atoms with E-state index < -0.39 is 11.6 Å². The van der Waals surface area contributed by atoms with Gasteiger partial charge in [-0.1, -0.05) is 56.2 Å². The number of unbranched alkanes of at least 4 members (excludes halogenated alkanes) is 2. The predicted molar refractivity (Wildman–Crippen MR) is 117 cm³/mol. The first-order valence-corrected chi connectivity index (χ1v) is 10.4. The molecule has 0 spiro atoms. The van der Waals surface area contributed by atoms with Crippen LogP contribution >= 0.6 is 0 Å². The summed E-state index contributed by atoms with van der Waals surface area (Å²) in [5, 5.41) is 1.10. The fraction of sp³-hybridized carbons (Fsp3) is 0.360. The zero-order chi connectivity index (χ0) is 21.4. The molecule has 0 aliphatic heterocycles. The van der Waals surface area contributed by atoms with Crippen LogP contribution in [0.1, 0.15) is 44.4 Å². The molecule has 0 amide bonds. The molecule has 0 aliphatic carbocycles. The second-order valence-electron chi connectivity index (χ2n) is 7.39. The van der Waals surface area contributed by atoms with Crippen molar-refractivity contribution in [3.63, 3.8) is 0 Å². The SMILES string of the molecule is CCCCCOC(C)(C(=O)OC)c1ccc(OCc2ccc3ccccc3n2)cc1. The third kappa shape index (κ3) is 5.16. The van der Waals surface area contributed by atoms with E-state index in [2.05, 4.69) is 11.9 Å². The van der Waals surface area contributed by atoms with Gasteiger partial charge in [-0.2, -0.15) is 0 Å². The first kappa shape index (κ1) is 21.8. The highest BCUT2D eigenvalue weighted by atomic mass is 16.6. The van der Waals surface area contributed by atoms with Crippen LogP contribution in [0.15, 0.2) is 60.7 Å². The molecule has 30 heavy (non-hydrogen) atoms. The Morgan fingerprint density at radius 3 is 2.50 bits per heavy atom. The van der Waals surface area contributed by atoms with Gasteiger partial charge < -0.3 is 14.2 Å². The number of benzene rings is 2. The summed E-state index contributed by atoms with van der Waals surface area (Å²) in [6, 6.07) is 19.4. The van der Waals surface area contributed by atoms with E-state index in [0.717, 1.165) is 41.4 Å². The summed E-state index contributed by atoms with van der Waals surface area (Å²) in [7, 11) is 1.38. The van der Waals surface area contributed by atoms with Crippen LogP contribution in [0, 0.1) is 0 Å². The van der Waals surface area contributed by atoms with Gasteiger partial charge in [-0.15, -0.1) is 0 Å². The molecule has 0 fully saturated rings. The van der Waals surface area contributed by atoms with E-state index in [1.165, 1.54) is 7.11 Å². The predicted octanol–water partition coefficient (Wildman–Crippen LogP) is 5.41. The van der Waals surface area contributed by atoms with E-state index in [1.54, 1.807) is 6.92 Å². The molecule has 0 aliphatic rings. The highest BCUT2D eigenvalue weighted by molar-refractivity contribution is 5.81. The highest BCUT2D eigenvalue weighted by Crippen LogP contribution is 2.29. The number of hydrogen-bond donors (Lipinski definition) is 0. The fourth-order valence-corrected chi connectivity index (χ4v) is 3.30. The Kier molecular flexibility index (Phi) is 7.41. The fourth-order valence-electron chi connectivity index (χ4n) is 3.30. The van der Waals surface area contributed by atoms with E-state index in [1.807, 2.05) is 60.7 Å². The summed E-state index contributed by atoms with van der Waals surface area (Å²) in [6.07, 6.45) is 3.06. The van der Waals surface area contributed by atoms with Crippen molar-refractivity contribution < 1.29 is 19.0 Å². The lowest BCUT2D eigenvalue weighted by molar-refractivity contribution is -0.169. The Bertz CT molecular complexity index is 970. The van der Waals surface area contributed by atoms with Crippen molar-refractivity contribution in [1.82, 2.24) is 4.98 Å². The van der Waals surface area contributed by atoms with Gasteiger partial charge in [0.1, 0.15) is 12.4 Å². The third-order valence-electron chi connectivity index (χ3n) is 5.16. The van der Waals surface area contributed by atoms with Crippen molar-refractivity contribution in [1.29, 1.82) is 0 Å². The van der Waals surface area contributed by atoms with Crippen LogP contribution in [0.2, 0.25) is 0 Å². The molecule has 1 aromatic heterocycles. The van der Waals surface area contributed by atoms with E-state index in [0.29, 0.717) is 19.0 Å².